The quantitative estimate of drug-likeness (QED) is 0.409. The molecule has 0 amide bonds. The Morgan fingerprint density at radius 2 is 1.31 bits per heavy atom. The Bertz CT molecular complexity index is 99.8. The van der Waals surface area contributed by atoms with Crippen molar-refractivity contribution < 1.29 is 10.2 Å². The van der Waals surface area contributed by atoms with Gasteiger partial charge in [0, 0.05) is 12.1 Å². The van der Waals surface area contributed by atoms with Gasteiger partial charge in [-0.05, 0) is 19.5 Å². The summed E-state index contributed by atoms with van der Waals surface area (Å²) in [5.74, 6) is 0. The summed E-state index contributed by atoms with van der Waals surface area (Å²) >= 11 is 0. The second-order valence-corrected chi connectivity index (χ2v) is 3.11. The van der Waals surface area contributed by atoms with Gasteiger partial charge in [0.1, 0.15) is 0 Å². The van der Waals surface area contributed by atoms with Gasteiger partial charge in [0.15, 0.2) is 0 Å². The summed E-state index contributed by atoms with van der Waals surface area (Å²) in [6, 6.07) is 0.169. The molecule has 0 fully saturated rings. The van der Waals surface area contributed by atoms with Gasteiger partial charge in [0.2, 0.25) is 0 Å². The molecule has 0 aliphatic carbocycles. The molecule has 4 N–H and O–H groups in total. The zero-order chi connectivity index (χ0) is 10.1. The minimum atomic E-state index is 0.0844. The minimum Gasteiger partial charge on any atom is -0.395 e. The normalized spacial score (nSPS) is 15.7. The van der Waals surface area contributed by atoms with Crippen LogP contribution in [0.3, 0.4) is 0 Å². The molecule has 0 bridgehead atoms. The molecule has 0 spiro atoms. The molecule has 0 aliphatic heterocycles. The van der Waals surface area contributed by atoms with Gasteiger partial charge in [0.05, 0.1) is 13.2 Å². The maximum Gasteiger partial charge on any atom is 0.0585 e. The SMILES string of the molecule is CCNC(CO)CC(CO)NCC. The van der Waals surface area contributed by atoms with Crippen molar-refractivity contribution in [3.63, 3.8) is 0 Å². The van der Waals surface area contributed by atoms with Crippen molar-refractivity contribution in [2.75, 3.05) is 26.3 Å². The number of hydrogen-bond acceptors (Lipinski definition) is 4. The molecule has 0 heterocycles. The molecule has 13 heavy (non-hydrogen) atoms. The fraction of sp³-hybridized carbons (Fsp3) is 1.00. The van der Waals surface area contributed by atoms with Crippen LogP contribution in [0.1, 0.15) is 20.3 Å². The van der Waals surface area contributed by atoms with Gasteiger partial charge in [-0.15, -0.1) is 0 Å². The van der Waals surface area contributed by atoms with Crippen LogP contribution in [-0.4, -0.2) is 48.6 Å². The fourth-order valence-electron chi connectivity index (χ4n) is 1.37. The monoisotopic (exact) mass is 190 g/mol. The molecule has 0 aromatic heterocycles. The highest BCUT2D eigenvalue weighted by molar-refractivity contribution is 4.74. The third-order valence-electron chi connectivity index (χ3n) is 2.00. The van der Waals surface area contributed by atoms with Crippen molar-refractivity contribution in [1.82, 2.24) is 10.6 Å². The zero-order valence-electron chi connectivity index (χ0n) is 8.58. The van der Waals surface area contributed by atoms with E-state index in [1.54, 1.807) is 0 Å². The average molecular weight is 190 g/mol. The van der Waals surface area contributed by atoms with E-state index in [0.717, 1.165) is 19.5 Å². The first-order valence-electron chi connectivity index (χ1n) is 4.96. The fourth-order valence-corrected chi connectivity index (χ4v) is 1.37. The Hall–Kier alpha value is -0.160. The molecule has 0 aromatic rings. The lowest BCUT2D eigenvalue weighted by Gasteiger charge is -2.21. The van der Waals surface area contributed by atoms with Gasteiger partial charge in [0.25, 0.3) is 0 Å². The molecule has 2 atom stereocenters. The van der Waals surface area contributed by atoms with E-state index in [1.165, 1.54) is 0 Å². The van der Waals surface area contributed by atoms with Gasteiger partial charge in [-0.3, -0.25) is 0 Å². The van der Waals surface area contributed by atoms with E-state index in [-0.39, 0.29) is 25.3 Å². The molecule has 0 radical (unpaired) electrons. The summed E-state index contributed by atoms with van der Waals surface area (Å²) < 4.78 is 0. The maximum atomic E-state index is 9.00. The van der Waals surface area contributed by atoms with Crippen molar-refractivity contribution in [3.05, 3.63) is 0 Å². The van der Waals surface area contributed by atoms with Gasteiger partial charge in [-0.1, -0.05) is 13.8 Å². The number of rotatable bonds is 8. The molecule has 4 nitrogen and oxygen atoms in total. The first-order valence-corrected chi connectivity index (χ1v) is 4.96. The van der Waals surface area contributed by atoms with E-state index in [4.69, 9.17) is 10.2 Å². The van der Waals surface area contributed by atoms with Crippen molar-refractivity contribution in [2.24, 2.45) is 0 Å². The summed E-state index contributed by atoms with van der Waals surface area (Å²) in [6.45, 7) is 5.93. The highest BCUT2D eigenvalue weighted by atomic mass is 16.3. The average Bonchev–Trinajstić information content (AvgIpc) is 2.16. The maximum absolute atomic E-state index is 9.00. The van der Waals surface area contributed by atoms with Crippen LogP contribution in [0, 0.1) is 0 Å². The highest BCUT2D eigenvalue weighted by Crippen LogP contribution is 1.97. The highest BCUT2D eigenvalue weighted by Gasteiger charge is 2.12. The Balaban J connectivity index is 3.73. The Morgan fingerprint density at radius 3 is 1.54 bits per heavy atom. The molecular formula is C9H22N2O2. The number of nitrogens with one attached hydrogen (secondary N) is 2. The van der Waals surface area contributed by atoms with Crippen LogP contribution >= 0.6 is 0 Å². The molecular weight excluding hydrogens is 168 g/mol. The Kier molecular flexibility index (Phi) is 8.33. The van der Waals surface area contributed by atoms with E-state index >= 15 is 0 Å². The van der Waals surface area contributed by atoms with Crippen LogP contribution in [0.25, 0.3) is 0 Å². The second-order valence-electron chi connectivity index (χ2n) is 3.11. The summed E-state index contributed by atoms with van der Waals surface area (Å²) in [4.78, 5) is 0. The van der Waals surface area contributed by atoms with Gasteiger partial charge < -0.3 is 20.8 Å². The molecule has 0 saturated heterocycles. The second kappa shape index (κ2) is 8.44. The van der Waals surface area contributed by atoms with Crippen LogP contribution in [0.5, 0.6) is 0 Å². The molecule has 2 unspecified atom stereocenters. The summed E-state index contributed by atoms with van der Waals surface area (Å²) in [5.41, 5.74) is 0. The third-order valence-corrected chi connectivity index (χ3v) is 2.00. The van der Waals surface area contributed by atoms with Crippen molar-refractivity contribution in [3.8, 4) is 0 Å². The van der Waals surface area contributed by atoms with E-state index < -0.39 is 0 Å². The third kappa shape index (κ3) is 5.99. The molecule has 80 valence electrons. The van der Waals surface area contributed by atoms with E-state index in [9.17, 15) is 0 Å². The number of likely N-dealkylation sites (N-methyl/N-ethyl adjacent to an activating group) is 2. The Labute approximate surface area is 80.3 Å². The summed E-state index contributed by atoms with van der Waals surface area (Å²) in [6.07, 6.45) is 0.759. The van der Waals surface area contributed by atoms with Crippen LogP contribution in [0.15, 0.2) is 0 Å². The number of aliphatic hydroxyl groups excluding tert-OH is 2. The standard InChI is InChI=1S/C9H22N2O2/c1-3-10-8(6-12)5-9(7-13)11-4-2/h8-13H,3-7H2,1-2H3. The number of hydrogen-bond donors (Lipinski definition) is 4. The van der Waals surface area contributed by atoms with Crippen molar-refractivity contribution in [1.29, 1.82) is 0 Å². The lowest BCUT2D eigenvalue weighted by molar-refractivity contribution is 0.191. The molecule has 0 rings (SSSR count). The topological polar surface area (TPSA) is 64.5 Å². The van der Waals surface area contributed by atoms with Crippen molar-refractivity contribution in [2.45, 2.75) is 32.4 Å². The van der Waals surface area contributed by atoms with E-state index in [0.29, 0.717) is 0 Å². The van der Waals surface area contributed by atoms with Gasteiger partial charge in [-0.2, -0.15) is 0 Å². The lowest BCUT2D eigenvalue weighted by Crippen LogP contribution is -2.42. The van der Waals surface area contributed by atoms with Gasteiger partial charge in [-0.25, -0.2) is 0 Å². The van der Waals surface area contributed by atoms with Gasteiger partial charge >= 0.3 is 0 Å². The molecule has 0 aromatic carbocycles. The van der Waals surface area contributed by atoms with Crippen LogP contribution in [-0.2, 0) is 0 Å². The van der Waals surface area contributed by atoms with E-state index in [2.05, 4.69) is 10.6 Å². The first-order chi connectivity index (χ1) is 6.28. The molecule has 0 saturated carbocycles. The van der Waals surface area contributed by atoms with Crippen molar-refractivity contribution >= 4 is 0 Å². The first kappa shape index (κ1) is 12.8. The molecule has 0 aliphatic rings. The summed E-state index contributed by atoms with van der Waals surface area (Å²) in [7, 11) is 0. The molecule has 4 heteroatoms. The lowest BCUT2D eigenvalue weighted by atomic mass is 10.1. The van der Waals surface area contributed by atoms with Crippen LogP contribution in [0.4, 0.5) is 0 Å². The predicted molar refractivity (Wildman–Crippen MR) is 53.7 cm³/mol. The number of aliphatic hydroxyl groups is 2. The smallest absolute Gasteiger partial charge is 0.0585 e. The predicted octanol–water partition coefficient (Wildman–Crippen LogP) is -0.683. The summed E-state index contributed by atoms with van der Waals surface area (Å²) in [5, 5.41) is 24.3. The van der Waals surface area contributed by atoms with E-state index in [1.807, 2.05) is 13.8 Å². The van der Waals surface area contributed by atoms with Crippen LogP contribution < -0.4 is 10.6 Å². The Morgan fingerprint density at radius 1 is 0.923 bits per heavy atom. The zero-order valence-corrected chi connectivity index (χ0v) is 8.58. The largest absolute Gasteiger partial charge is 0.395 e. The minimum absolute atomic E-state index is 0.0844. The van der Waals surface area contributed by atoms with Crippen LogP contribution in [0.2, 0.25) is 0 Å².